The SMILES string of the molecule is CCC(=CC(=O)CC(=O)OC)OCc1ccccc1. The lowest BCUT2D eigenvalue weighted by molar-refractivity contribution is -0.142. The number of carbonyl (C=O) groups excluding carboxylic acids is 2. The molecule has 0 fully saturated rings. The van der Waals surface area contributed by atoms with Crippen molar-refractivity contribution in [1.29, 1.82) is 0 Å². The van der Waals surface area contributed by atoms with Crippen molar-refractivity contribution in [1.82, 2.24) is 0 Å². The van der Waals surface area contributed by atoms with Crippen LogP contribution in [0.1, 0.15) is 25.3 Å². The van der Waals surface area contributed by atoms with Crippen LogP contribution in [0.25, 0.3) is 0 Å². The van der Waals surface area contributed by atoms with Crippen LogP contribution in [-0.2, 0) is 25.7 Å². The van der Waals surface area contributed by atoms with Crippen LogP contribution in [0.2, 0.25) is 0 Å². The largest absolute Gasteiger partial charge is 0.493 e. The van der Waals surface area contributed by atoms with Crippen molar-refractivity contribution in [2.75, 3.05) is 7.11 Å². The Morgan fingerprint density at radius 1 is 1.21 bits per heavy atom. The van der Waals surface area contributed by atoms with E-state index in [9.17, 15) is 9.59 Å². The summed E-state index contributed by atoms with van der Waals surface area (Å²) in [6.45, 7) is 2.30. The number of allylic oxidation sites excluding steroid dienone is 2. The Morgan fingerprint density at radius 2 is 1.89 bits per heavy atom. The molecule has 0 aliphatic rings. The van der Waals surface area contributed by atoms with Gasteiger partial charge >= 0.3 is 5.97 Å². The van der Waals surface area contributed by atoms with Gasteiger partial charge in [-0.25, -0.2) is 0 Å². The summed E-state index contributed by atoms with van der Waals surface area (Å²) in [5.74, 6) is -0.283. The Morgan fingerprint density at radius 3 is 2.47 bits per heavy atom. The van der Waals surface area contributed by atoms with Crippen LogP contribution in [0.3, 0.4) is 0 Å². The first-order valence-corrected chi connectivity index (χ1v) is 6.12. The summed E-state index contributed by atoms with van der Waals surface area (Å²) in [6.07, 6.45) is 1.70. The van der Waals surface area contributed by atoms with Crippen molar-refractivity contribution < 1.29 is 19.1 Å². The highest BCUT2D eigenvalue weighted by Gasteiger charge is 2.08. The molecular weight excluding hydrogens is 244 g/mol. The van der Waals surface area contributed by atoms with E-state index in [0.717, 1.165) is 5.56 Å². The molecule has 0 aliphatic heterocycles. The molecule has 1 rings (SSSR count). The van der Waals surface area contributed by atoms with Gasteiger partial charge in [-0.1, -0.05) is 37.3 Å². The number of esters is 1. The van der Waals surface area contributed by atoms with E-state index in [1.165, 1.54) is 13.2 Å². The van der Waals surface area contributed by atoms with Crippen LogP contribution in [0.5, 0.6) is 0 Å². The molecule has 1 aromatic carbocycles. The lowest BCUT2D eigenvalue weighted by atomic mass is 10.2. The Hall–Kier alpha value is -2.10. The van der Waals surface area contributed by atoms with E-state index in [1.807, 2.05) is 37.3 Å². The van der Waals surface area contributed by atoms with Crippen LogP contribution < -0.4 is 0 Å². The number of ketones is 1. The third-order valence-electron chi connectivity index (χ3n) is 2.48. The normalized spacial score (nSPS) is 10.9. The Bertz CT molecular complexity index is 448. The van der Waals surface area contributed by atoms with E-state index >= 15 is 0 Å². The molecule has 0 amide bonds. The smallest absolute Gasteiger partial charge is 0.313 e. The second kappa shape index (κ2) is 8.08. The molecule has 0 N–H and O–H groups in total. The van der Waals surface area contributed by atoms with Gasteiger partial charge in [0.1, 0.15) is 13.0 Å². The first kappa shape index (κ1) is 15.0. The lowest BCUT2D eigenvalue weighted by Gasteiger charge is -2.08. The molecule has 0 unspecified atom stereocenters. The zero-order valence-corrected chi connectivity index (χ0v) is 11.2. The van der Waals surface area contributed by atoms with E-state index < -0.39 is 5.97 Å². The van der Waals surface area contributed by atoms with Crippen molar-refractivity contribution >= 4 is 11.8 Å². The van der Waals surface area contributed by atoms with Crippen molar-refractivity contribution in [3.63, 3.8) is 0 Å². The van der Waals surface area contributed by atoms with Crippen LogP contribution in [-0.4, -0.2) is 18.9 Å². The standard InChI is InChI=1S/C15H18O4/c1-3-14(9-13(16)10-15(17)18-2)19-11-12-7-5-4-6-8-12/h4-9H,3,10-11H2,1-2H3. The molecule has 1 aromatic rings. The first-order chi connectivity index (χ1) is 9.15. The molecule has 4 heteroatoms. The second-order valence-corrected chi connectivity index (χ2v) is 3.96. The summed E-state index contributed by atoms with van der Waals surface area (Å²) in [5.41, 5.74) is 1.03. The number of benzene rings is 1. The minimum atomic E-state index is -0.542. The summed E-state index contributed by atoms with van der Waals surface area (Å²) < 4.78 is 9.99. The van der Waals surface area contributed by atoms with E-state index in [0.29, 0.717) is 18.8 Å². The predicted octanol–water partition coefficient (Wildman–Crippen LogP) is 2.63. The Balaban J connectivity index is 2.53. The van der Waals surface area contributed by atoms with Crippen LogP contribution in [0.4, 0.5) is 0 Å². The summed E-state index contributed by atoms with van der Waals surface area (Å²) in [6, 6.07) is 9.68. The molecule has 0 aromatic heterocycles. The Kier molecular flexibility index (Phi) is 6.36. The maximum absolute atomic E-state index is 11.5. The van der Waals surface area contributed by atoms with Gasteiger partial charge in [-0.2, -0.15) is 0 Å². The summed E-state index contributed by atoms with van der Waals surface area (Å²) >= 11 is 0. The number of hydrogen-bond donors (Lipinski definition) is 0. The van der Waals surface area contributed by atoms with Crippen molar-refractivity contribution in [2.45, 2.75) is 26.4 Å². The van der Waals surface area contributed by atoms with Gasteiger partial charge in [0.05, 0.1) is 12.9 Å². The van der Waals surface area contributed by atoms with E-state index in [2.05, 4.69) is 4.74 Å². The summed E-state index contributed by atoms with van der Waals surface area (Å²) in [4.78, 5) is 22.5. The average Bonchev–Trinajstić information content (AvgIpc) is 2.44. The monoisotopic (exact) mass is 262 g/mol. The van der Waals surface area contributed by atoms with E-state index in [-0.39, 0.29) is 12.2 Å². The predicted molar refractivity (Wildman–Crippen MR) is 71.2 cm³/mol. The fourth-order valence-electron chi connectivity index (χ4n) is 1.44. The molecular formula is C15H18O4. The van der Waals surface area contributed by atoms with Gasteiger partial charge < -0.3 is 9.47 Å². The van der Waals surface area contributed by atoms with Crippen molar-refractivity contribution in [3.05, 3.63) is 47.7 Å². The quantitative estimate of drug-likeness (QED) is 0.328. The third kappa shape index (κ3) is 5.86. The third-order valence-corrected chi connectivity index (χ3v) is 2.48. The topological polar surface area (TPSA) is 52.6 Å². The fourth-order valence-corrected chi connectivity index (χ4v) is 1.44. The fraction of sp³-hybridized carbons (Fsp3) is 0.333. The number of methoxy groups -OCH3 is 1. The van der Waals surface area contributed by atoms with Gasteiger partial charge in [-0.15, -0.1) is 0 Å². The van der Waals surface area contributed by atoms with Crippen molar-refractivity contribution in [3.8, 4) is 0 Å². The van der Waals surface area contributed by atoms with Gasteiger partial charge in [0.2, 0.25) is 0 Å². The highest BCUT2D eigenvalue weighted by molar-refractivity contribution is 6.02. The second-order valence-electron chi connectivity index (χ2n) is 3.96. The number of hydrogen-bond acceptors (Lipinski definition) is 4. The molecule has 0 heterocycles. The van der Waals surface area contributed by atoms with Crippen LogP contribution in [0.15, 0.2) is 42.2 Å². The average molecular weight is 262 g/mol. The van der Waals surface area contributed by atoms with Crippen molar-refractivity contribution in [2.24, 2.45) is 0 Å². The lowest BCUT2D eigenvalue weighted by Crippen LogP contribution is -2.08. The Labute approximate surface area is 113 Å². The molecule has 0 atom stereocenters. The molecule has 0 saturated carbocycles. The summed E-state index contributed by atoms with van der Waals surface area (Å²) in [5, 5.41) is 0. The van der Waals surface area contributed by atoms with Gasteiger partial charge in [0, 0.05) is 12.5 Å². The highest BCUT2D eigenvalue weighted by atomic mass is 16.5. The maximum atomic E-state index is 11.5. The first-order valence-electron chi connectivity index (χ1n) is 6.12. The van der Waals surface area contributed by atoms with Gasteiger partial charge in [0.15, 0.2) is 5.78 Å². The molecule has 102 valence electrons. The van der Waals surface area contributed by atoms with E-state index in [1.54, 1.807) is 0 Å². The highest BCUT2D eigenvalue weighted by Crippen LogP contribution is 2.09. The van der Waals surface area contributed by atoms with Gasteiger partial charge in [-0.3, -0.25) is 9.59 Å². The molecule has 4 nitrogen and oxygen atoms in total. The van der Waals surface area contributed by atoms with E-state index in [4.69, 9.17) is 4.74 Å². The zero-order chi connectivity index (χ0) is 14.1. The summed E-state index contributed by atoms with van der Waals surface area (Å²) in [7, 11) is 1.26. The molecule has 0 spiro atoms. The van der Waals surface area contributed by atoms with Gasteiger partial charge in [-0.05, 0) is 5.56 Å². The van der Waals surface area contributed by atoms with Gasteiger partial charge in [0.25, 0.3) is 0 Å². The van der Waals surface area contributed by atoms with Crippen LogP contribution in [0, 0.1) is 0 Å². The molecule has 0 aliphatic carbocycles. The molecule has 0 saturated heterocycles. The number of ether oxygens (including phenoxy) is 2. The minimum Gasteiger partial charge on any atom is -0.493 e. The minimum absolute atomic E-state index is 0.255. The number of rotatable bonds is 7. The molecule has 19 heavy (non-hydrogen) atoms. The van der Waals surface area contributed by atoms with Crippen LogP contribution >= 0.6 is 0 Å². The zero-order valence-electron chi connectivity index (χ0n) is 11.2. The molecule has 0 radical (unpaired) electrons. The maximum Gasteiger partial charge on any atom is 0.313 e. The number of carbonyl (C=O) groups is 2. The molecule has 0 bridgehead atoms.